The van der Waals surface area contributed by atoms with Gasteiger partial charge in [-0.3, -0.25) is 23.7 Å². The van der Waals surface area contributed by atoms with E-state index in [1.165, 1.54) is 12.3 Å². The lowest BCUT2D eigenvalue weighted by atomic mass is 10.1. The fraction of sp³-hybridized carbons (Fsp3) is 0.600. The molecule has 18 heteroatoms. The van der Waals surface area contributed by atoms with Crippen molar-refractivity contribution in [2.45, 2.75) is 49.5 Å². The number of hydrogen-bond acceptors (Lipinski definition) is 13. The number of hydrogen-bond donors (Lipinski definition) is 9. The molecular weight excluding hydrogens is 532 g/mol. The van der Waals surface area contributed by atoms with Gasteiger partial charge in [-0.25, -0.2) is 4.79 Å². The highest BCUT2D eigenvalue weighted by molar-refractivity contribution is 7.99. The standard InChI is InChI=1S/C20H30N6O11S/c21-9(19(34)35)1-2-13(28)24-10(17(33)22-5-14(29)30)7-38-8-23-12-3-4-26(20(36)25-12)18-16(32)15(31)11(6-27)37-18/h3-4,9-11,15-16,18,27,31-32H,1-2,5-8,21H2,(H,22,33)(H,24,28)(H,29,30)(H,34,35)(H,23,25,36)/t9-,10-,11+,15+,16+,18+/m0/s1. The van der Waals surface area contributed by atoms with Crippen LogP contribution in [0.4, 0.5) is 5.82 Å². The fourth-order valence-electron chi connectivity index (χ4n) is 3.26. The number of rotatable bonds is 15. The lowest BCUT2D eigenvalue weighted by Crippen LogP contribution is -2.49. The third-order valence-electron chi connectivity index (χ3n) is 5.33. The summed E-state index contributed by atoms with van der Waals surface area (Å²) in [6.07, 6.45) is -4.32. The number of thioether (sulfide) groups is 1. The van der Waals surface area contributed by atoms with E-state index >= 15 is 0 Å². The molecule has 1 aromatic heterocycles. The largest absolute Gasteiger partial charge is 0.480 e. The van der Waals surface area contributed by atoms with E-state index in [9.17, 15) is 39.3 Å². The summed E-state index contributed by atoms with van der Waals surface area (Å²) in [5, 5.41) is 54.1. The molecule has 0 aliphatic carbocycles. The number of carbonyl (C=O) groups is 4. The number of carboxylic acids is 2. The Kier molecular flexibility index (Phi) is 11.9. The van der Waals surface area contributed by atoms with Gasteiger partial charge in [0, 0.05) is 18.4 Å². The van der Waals surface area contributed by atoms with Crippen molar-refractivity contribution in [2.24, 2.45) is 5.73 Å². The van der Waals surface area contributed by atoms with Crippen LogP contribution in [-0.2, 0) is 23.9 Å². The SMILES string of the molecule is N[C@@H](CCC(=O)N[C@@H](CSCNc1ccn([C@@H]2O[C@H](CO)[C@@H](O)[C@H]2O)c(=O)n1)C(=O)NCC(=O)O)C(=O)O. The highest BCUT2D eigenvalue weighted by Crippen LogP contribution is 2.28. The number of anilines is 1. The first-order valence-corrected chi connectivity index (χ1v) is 12.4. The van der Waals surface area contributed by atoms with Crippen molar-refractivity contribution < 1.29 is 49.4 Å². The quantitative estimate of drug-likeness (QED) is 0.0724. The summed E-state index contributed by atoms with van der Waals surface area (Å²) in [5.74, 6) is -3.78. The number of aliphatic hydroxyl groups excluding tert-OH is 3. The summed E-state index contributed by atoms with van der Waals surface area (Å²) in [5.41, 5.74) is 4.55. The van der Waals surface area contributed by atoms with Gasteiger partial charge in [-0.05, 0) is 12.5 Å². The van der Waals surface area contributed by atoms with E-state index in [1.54, 1.807) is 0 Å². The van der Waals surface area contributed by atoms with Gasteiger partial charge in [0.05, 0.1) is 12.5 Å². The zero-order chi connectivity index (χ0) is 28.4. The molecule has 0 saturated carbocycles. The van der Waals surface area contributed by atoms with Crippen LogP contribution in [0, 0.1) is 0 Å². The van der Waals surface area contributed by atoms with E-state index in [0.717, 1.165) is 16.3 Å². The molecule has 212 valence electrons. The third kappa shape index (κ3) is 8.92. The summed E-state index contributed by atoms with van der Waals surface area (Å²) < 4.78 is 6.26. The molecule has 1 fully saturated rings. The zero-order valence-corrected chi connectivity index (χ0v) is 20.7. The van der Waals surface area contributed by atoms with Crippen molar-refractivity contribution in [3.05, 3.63) is 22.7 Å². The molecule has 38 heavy (non-hydrogen) atoms. The number of ether oxygens (including phenoxy) is 1. The maximum absolute atomic E-state index is 12.4. The second-order valence-corrected chi connectivity index (χ2v) is 9.17. The van der Waals surface area contributed by atoms with Crippen LogP contribution in [0.5, 0.6) is 0 Å². The van der Waals surface area contributed by atoms with Crippen molar-refractivity contribution in [3.8, 4) is 0 Å². The van der Waals surface area contributed by atoms with Gasteiger partial charge < -0.3 is 52.0 Å². The number of aromatic nitrogens is 2. The molecule has 0 aromatic carbocycles. The number of aliphatic carboxylic acids is 2. The van der Waals surface area contributed by atoms with E-state index in [2.05, 4.69) is 20.9 Å². The number of carbonyl (C=O) groups excluding carboxylic acids is 2. The minimum Gasteiger partial charge on any atom is -0.480 e. The van der Waals surface area contributed by atoms with Crippen molar-refractivity contribution in [2.75, 3.05) is 30.1 Å². The molecule has 1 aliphatic rings. The van der Waals surface area contributed by atoms with Gasteiger partial charge in [0.2, 0.25) is 11.8 Å². The summed E-state index contributed by atoms with van der Waals surface area (Å²) >= 11 is 1.10. The molecule has 2 heterocycles. The van der Waals surface area contributed by atoms with Crippen molar-refractivity contribution in [1.29, 1.82) is 0 Å². The third-order valence-corrected chi connectivity index (χ3v) is 6.24. The van der Waals surface area contributed by atoms with Gasteiger partial charge in [0.15, 0.2) is 6.23 Å². The Morgan fingerprint density at radius 2 is 1.92 bits per heavy atom. The second kappa shape index (κ2) is 14.6. The molecule has 0 radical (unpaired) electrons. The van der Waals surface area contributed by atoms with Crippen molar-refractivity contribution in [3.63, 3.8) is 0 Å². The normalized spacial score (nSPS) is 22.3. The monoisotopic (exact) mass is 562 g/mol. The zero-order valence-electron chi connectivity index (χ0n) is 19.9. The number of nitrogens with two attached hydrogens (primary N) is 1. The summed E-state index contributed by atoms with van der Waals surface area (Å²) in [4.78, 5) is 62.2. The van der Waals surface area contributed by atoms with E-state index in [0.29, 0.717) is 0 Å². The highest BCUT2D eigenvalue weighted by Gasteiger charge is 2.43. The number of nitrogens with zero attached hydrogens (tertiary/aromatic N) is 2. The van der Waals surface area contributed by atoms with Crippen LogP contribution in [0.25, 0.3) is 0 Å². The predicted octanol–water partition coefficient (Wildman–Crippen LogP) is -4.16. The van der Waals surface area contributed by atoms with Gasteiger partial charge in [0.1, 0.15) is 42.8 Å². The molecule has 2 rings (SSSR count). The van der Waals surface area contributed by atoms with Crippen LogP contribution in [0.15, 0.2) is 17.1 Å². The van der Waals surface area contributed by atoms with E-state index in [4.69, 9.17) is 20.7 Å². The first-order valence-electron chi connectivity index (χ1n) is 11.2. The smallest absolute Gasteiger partial charge is 0.351 e. The Morgan fingerprint density at radius 1 is 1.21 bits per heavy atom. The molecule has 10 N–H and O–H groups in total. The Bertz CT molecular complexity index is 1060. The van der Waals surface area contributed by atoms with E-state index in [-0.39, 0.29) is 30.3 Å². The number of aliphatic hydroxyl groups is 3. The maximum atomic E-state index is 12.4. The summed E-state index contributed by atoms with van der Waals surface area (Å²) in [6.45, 7) is -1.23. The molecule has 2 amide bonds. The van der Waals surface area contributed by atoms with Gasteiger partial charge in [-0.1, -0.05) is 0 Å². The Balaban J connectivity index is 1.92. The number of carboxylic acid groups (broad SMARTS) is 2. The molecular formula is C20H30N6O11S. The molecule has 0 bridgehead atoms. The van der Waals surface area contributed by atoms with Crippen LogP contribution in [0.1, 0.15) is 19.1 Å². The summed E-state index contributed by atoms with van der Waals surface area (Å²) in [6, 6.07) is -1.02. The van der Waals surface area contributed by atoms with Gasteiger partial charge in [0.25, 0.3) is 0 Å². The highest BCUT2D eigenvalue weighted by atomic mass is 32.2. The molecule has 1 aliphatic heterocycles. The predicted molar refractivity (Wildman–Crippen MR) is 130 cm³/mol. The Hall–Kier alpha value is -3.29. The molecule has 0 unspecified atom stereocenters. The summed E-state index contributed by atoms with van der Waals surface area (Å²) in [7, 11) is 0. The van der Waals surface area contributed by atoms with Crippen LogP contribution < -0.4 is 27.4 Å². The van der Waals surface area contributed by atoms with Gasteiger partial charge in [-0.15, -0.1) is 11.8 Å². The van der Waals surface area contributed by atoms with Crippen LogP contribution in [0.3, 0.4) is 0 Å². The lowest BCUT2D eigenvalue weighted by Gasteiger charge is -2.19. The molecule has 1 saturated heterocycles. The lowest BCUT2D eigenvalue weighted by molar-refractivity contribution is -0.139. The van der Waals surface area contributed by atoms with E-state index < -0.39 is 79.2 Å². The van der Waals surface area contributed by atoms with Gasteiger partial charge in [-0.2, -0.15) is 4.98 Å². The van der Waals surface area contributed by atoms with Gasteiger partial charge >= 0.3 is 17.6 Å². The number of amides is 2. The number of nitrogens with one attached hydrogen (secondary N) is 3. The molecule has 1 aromatic rings. The molecule has 0 spiro atoms. The first-order chi connectivity index (χ1) is 17.9. The van der Waals surface area contributed by atoms with Crippen LogP contribution in [0.2, 0.25) is 0 Å². The maximum Gasteiger partial charge on any atom is 0.351 e. The van der Waals surface area contributed by atoms with E-state index in [1.807, 2.05) is 0 Å². The van der Waals surface area contributed by atoms with Crippen LogP contribution >= 0.6 is 11.8 Å². The second-order valence-electron chi connectivity index (χ2n) is 8.14. The van der Waals surface area contributed by atoms with Crippen molar-refractivity contribution in [1.82, 2.24) is 20.2 Å². The average molecular weight is 563 g/mol. The Morgan fingerprint density at radius 3 is 2.50 bits per heavy atom. The Labute approximate surface area is 219 Å². The molecule has 6 atom stereocenters. The van der Waals surface area contributed by atoms with Crippen molar-refractivity contribution >= 4 is 41.3 Å². The average Bonchev–Trinajstić information content (AvgIpc) is 3.15. The van der Waals surface area contributed by atoms with Crippen LogP contribution in [-0.4, -0.2) is 114 Å². The minimum absolute atomic E-state index is 0.0191. The minimum atomic E-state index is -1.46. The topological polar surface area (TPSA) is 276 Å². The fourth-order valence-corrected chi connectivity index (χ4v) is 4.10. The first kappa shape index (κ1) is 30.9. The molecule has 17 nitrogen and oxygen atoms in total.